The van der Waals surface area contributed by atoms with Gasteiger partial charge in [0.05, 0.1) is 24.2 Å². The normalized spacial score (nSPS) is 16.5. The first-order valence-corrected chi connectivity index (χ1v) is 6.34. The van der Waals surface area contributed by atoms with Crippen molar-refractivity contribution < 1.29 is 35.0 Å². The Morgan fingerprint density at radius 1 is 1.14 bits per heavy atom. The zero-order valence-electron chi connectivity index (χ0n) is 11.2. The summed E-state index contributed by atoms with van der Waals surface area (Å²) in [6, 6.07) is -3.21. The molecule has 21 heavy (non-hydrogen) atoms. The summed E-state index contributed by atoms with van der Waals surface area (Å²) < 4.78 is 12.4. The molecule has 0 bridgehead atoms. The fraction of sp³-hybridized carbons (Fsp3) is 0.667. The van der Waals surface area contributed by atoms with Gasteiger partial charge in [0, 0.05) is 12.6 Å². The number of alkyl halides is 1. The van der Waals surface area contributed by atoms with Gasteiger partial charge in [-0.3, -0.25) is 9.97 Å². The lowest BCUT2D eigenvalue weighted by molar-refractivity contribution is -0.262. The summed E-state index contributed by atoms with van der Waals surface area (Å²) >= 11 is 0. The maximum Gasteiger partial charge on any atom is 0.315 e. The second-order valence-corrected chi connectivity index (χ2v) is 4.69. The van der Waals surface area contributed by atoms with Crippen LogP contribution in [0.15, 0.2) is 12.4 Å². The van der Waals surface area contributed by atoms with E-state index in [-0.39, 0.29) is 18.5 Å². The fourth-order valence-electron chi connectivity index (χ4n) is 1.63. The minimum Gasteiger partial charge on any atom is -0.394 e. The van der Waals surface area contributed by atoms with Crippen LogP contribution >= 0.6 is 0 Å². The predicted molar refractivity (Wildman–Crippen MR) is 67.3 cm³/mol. The monoisotopic (exact) mass is 306 g/mol. The Hall–Kier alpha value is -1.23. The summed E-state index contributed by atoms with van der Waals surface area (Å²) in [7, 11) is 0. The van der Waals surface area contributed by atoms with E-state index in [0.29, 0.717) is 5.69 Å². The third kappa shape index (κ3) is 5.96. The number of hydrogen-bond acceptors (Lipinski definition) is 8. The molecule has 6 N–H and O–H groups in total. The molecular formula is C12H19FN2O6. The van der Waals surface area contributed by atoms with Gasteiger partial charge in [-0.05, 0) is 12.8 Å². The zero-order valence-corrected chi connectivity index (χ0v) is 11.2. The van der Waals surface area contributed by atoms with E-state index in [1.165, 1.54) is 12.4 Å². The molecule has 0 radical (unpaired) electrons. The van der Waals surface area contributed by atoms with Crippen molar-refractivity contribution in [2.75, 3.05) is 6.61 Å². The Morgan fingerprint density at radius 2 is 1.81 bits per heavy atom. The molecule has 3 atom stereocenters. The van der Waals surface area contributed by atoms with Crippen molar-refractivity contribution in [3.63, 3.8) is 0 Å². The molecule has 8 nitrogen and oxygen atoms in total. The van der Waals surface area contributed by atoms with Gasteiger partial charge in [-0.15, -0.1) is 0 Å². The lowest BCUT2D eigenvalue weighted by Gasteiger charge is -2.20. The van der Waals surface area contributed by atoms with Crippen molar-refractivity contribution in [3.8, 4) is 0 Å². The van der Waals surface area contributed by atoms with Crippen LogP contribution in [0.1, 0.15) is 30.3 Å². The minimum absolute atomic E-state index is 0.00269. The fourth-order valence-corrected chi connectivity index (χ4v) is 1.63. The summed E-state index contributed by atoms with van der Waals surface area (Å²) in [5.41, 5.74) is 0.440. The topological polar surface area (TPSA) is 147 Å². The number of aliphatic hydroxyl groups is 6. The van der Waals surface area contributed by atoms with E-state index >= 15 is 0 Å². The number of aliphatic hydroxyl groups excluding tert-OH is 4. The Balaban J connectivity index is 2.57. The molecule has 0 amide bonds. The molecule has 0 aliphatic carbocycles. The Morgan fingerprint density at radius 3 is 2.29 bits per heavy atom. The van der Waals surface area contributed by atoms with E-state index < -0.39 is 37.4 Å². The number of aromatic nitrogens is 2. The van der Waals surface area contributed by atoms with Gasteiger partial charge < -0.3 is 30.6 Å². The van der Waals surface area contributed by atoms with Crippen LogP contribution in [0.3, 0.4) is 0 Å². The van der Waals surface area contributed by atoms with Crippen LogP contribution < -0.4 is 0 Å². The number of rotatable bonds is 8. The molecule has 1 aromatic rings. The van der Waals surface area contributed by atoms with E-state index in [9.17, 15) is 19.7 Å². The van der Waals surface area contributed by atoms with Gasteiger partial charge in [0.25, 0.3) is 0 Å². The number of halogens is 1. The van der Waals surface area contributed by atoms with E-state index in [2.05, 4.69) is 9.97 Å². The van der Waals surface area contributed by atoms with Gasteiger partial charge in [0.1, 0.15) is 18.3 Å². The maximum absolute atomic E-state index is 12.4. The SMILES string of the molecule is OCC(O)C(O)C(O)c1cnc(CCCC(O)(O)F)cn1. The Kier molecular flexibility index (Phi) is 6.52. The van der Waals surface area contributed by atoms with Crippen molar-refractivity contribution in [3.05, 3.63) is 23.8 Å². The molecule has 1 rings (SSSR count). The zero-order chi connectivity index (χ0) is 16.0. The Bertz CT molecular complexity index is 425. The largest absolute Gasteiger partial charge is 0.394 e. The van der Waals surface area contributed by atoms with Crippen LogP contribution in [0, 0.1) is 0 Å². The van der Waals surface area contributed by atoms with E-state index in [1.807, 2.05) is 0 Å². The van der Waals surface area contributed by atoms with Gasteiger partial charge >= 0.3 is 6.04 Å². The van der Waals surface area contributed by atoms with Crippen LogP contribution in [-0.4, -0.2) is 65.5 Å². The first kappa shape index (κ1) is 17.8. The van der Waals surface area contributed by atoms with E-state index in [4.69, 9.17) is 15.3 Å². The van der Waals surface area contributed by atoms with Crippen LogP contribution in [0.4, 0.5) is 4.39 Å². The van der Waals surface area contributed by atoms with Crippen LogP contribution in [-0.2, 0) is 6.42 Å². The lowest BCUT2D eigenvalue weighted by Crippen LogP contribution is -2.35. The second kappa shape index (κ2) is 7.69. The summed E-state index contributed by atoms with van der Waals surface area (Å²) in [6.07, 6.45) is -2.26. The molecule has 0 saturated carbocycles. The molecule has 0 saturated heterocycles. The quantitative estimate of drug-likeness (QED) is 0.307. The van der Waals surface area contributed by atoms with Gasteiger partial charge in [0.15, 0.2) is 0 Å². The van der Waals surface area contributed by atoms with Crippen LogP contribution in [0.5, 0.6) is 0 Å². The summed E-state index contributed by atoms with van der Waals surface area (Å²) in [4.78, 5) is 7.77. The molecular weight excluding hydrogens is 287 g/mol. The van der Waals surface area contributed by atoms with Crippen molar-refractivity contribution in [2.24, 2.45) is 0 Å². The summed E-state index contributed by atoms with van der Waals surface area (Å²) in [5, 5.41) is 54.1. The highest BCUT2D eigenvalue weighted by Crippen LogP contribution is 2.17. The lowest BCUT2D eigenvalue weighted by atomic mass is 10.1. The third-order valence-corrected chi connectivity index (χ3v) is 2.86. The molecule has 0 aliphatic heterocycles. The van der Waals surface area contributed by atoms with Crippen LogP contribution in [0.2, 0.25) is 0 Å². The second-order valence-electron chi connectivity index (χ2n) is 4.69. The molecule has 1 heterocycles. The van der Waals surface area contributed by atoms with E-state index in [0.717, 1.165) is 0 Å². The Labute approximate surface area is 120 Å². The smallest absolute Gasteiger partial charge is 0.315 e. The third-order valence-electron chi connectivity index (χ3n) is 2.86. The highest BCUT2D eigenvalue weighted by molar-refractivity contribution is 5.07. The average Bonchev–Trinajstić information content (AvgIpc) is 2.44. The molecule has 120 valence electrons. The highest BCUT2D eigenvalue weighted by atomic mass is 19.2. The molecule has 0 aromatic carbocycles. The predicted octanol–water partition coefficient (Wildman–Crippen LogP) is -1.85. The van der Waals surface area contributed by atoms with Crippen molar-refractivity contribution in [2.45, 2.75) is 43.6 Å². The molecule has 0 aliphatic rings. The number of hydrogen-bond donors (Lipinski definition) is 6. The van der Waals surface area contributed by atoms with Crippen molar-refractivity contribution >= 4 is 0 Å². The molecule has 1 aromatic heterocycles. The first-order valence-electron chi connectivity index (χ1n) is 6.34. The number of aryl methyl sites for hydroxylation is 1. The molecule has 3 unspecified atom stereocenters. The summed E-state index contributed by atoms with van der Waals surface area (Å²) in [6.45, 7) is -0.711. The molecule has 0 spiro atoms. The maximum atomic E-state index is 12.4. The minimum atomic E-state index is -3.21. The average molecular weight is 306 g/mol. The first-order chi connectivity index (χ1) is 9.74. The summed E-state index contributed by atoms with van der Waals surface area (Å²) in [5.74, 6) is 0. The van der Waals surface area contributed by atoms with Crippen molar-refractivity contribution in [1.29, 1.82) is 0 Å². The van der Waals surface area contributed by atoms with Gasteiger partial charge in [-0.1, -0.05) is 0 Å². The number of nitrogens with zero attached hydrogens (tertiary/aromatic N) is 2. The van der Waals surface area contributed by atoms with E-state index in [1.54, 1.807) is 0 Å². The molecule has 0 fully saturated rings. The van der Waals surface area contributed by atoms with Gasteiger partial charge in [0.2, 0.25) is 0 Å². The highest BCUT2D eigenvalue weighted by Gasteiger charge is 2.26. The van der Waals surface area contributed by atoms with Gasteiger partial charge in [-0.25, -0.2) is 0 Å². The van der Waals surface area contributed by atoms with Crippen molar-refractivity contribution in [1.82, 2.24) is 9.97 Å². The molecule has 9 heteroatoms. The van der Waals surface area contributed by atoms with Crippen LogP contribution in [0.25, 0.3) is 0 Å². The van der Waals surface area contributed by atoms with Gasteiger partial charge in [-0.2, -0.15) is 4.39 Å². The standard InChI is InChI=1S/C12H19FN2O6/c13-12(20,21)3-1-2-7-4-15-8(5-14-7)10(18)11(19)9(17)6-16/h4-5,9-11,16-21H,1-3,6H2.